The number of benzene rings is 7. The summed E-state index contributed by atoms with van der Waals surface area (Å²) in [4.78, 5) is 15.2. The van der Waals surface area contributed by atoms with Crippen LogP contribution < -0.4 is 0 Å². The number of thiophene rings is 1. The topological polar surface area (TPSA) is 51.8 Å². The Morgan fingerprint density at radius 2 is 1.02 bits per heavy atom. The van der Waals surface area contributed by atoms with Gasteiger partial charge in [-0.25, -0.2) is 15.0 Å². The normalized spacial score (nSPS) is 11.8. The van der Waals surface area contributed by atoms with E-state index in [1.165, 1.54) is 36.5 Å². The molecule has 0 saturated heterocycles. The van der Waals surface area contributed by atoms with Gasteiger partial charge in [0.15, 0.2) is 17.5 Å². The second-order valence-electron chi connectivity index (χ2n) is 11.9. The van der Waals surface area contributed by atoms with Crippen LogP contribution in [-0.2, 0) is 0 Å². The van der Waals surface area contributed by atoms with Gasteiger partial charge in [-0.15, -0.1) is 11.3 Å². The van der Waals surface area contributed by atoms with E-state index in [9.17, 15) is 0 Å². The summed E-state index contributed by atoms with van der Waals surface area (Å²) in [6.45, 7) is 0. The Morgan fingerprint density at radius 3 is 1.77 bits per heavy atom. The van der Waals surface area contributed by atoms with Crippen LogP contribution in [0.1, 0.15) is 0 Å². The van der Waals surface area contributed by atoms with Gasteiger partial charge in [0.1, 0.15) is 11.2 Å². The van der Waals surface area contributed by atoms with E-state index < -0.39 is 0 Å². The molecular weight excluding hydrogens is 607 g/mol. The maximum absolute atomic E-state index is 6.85. The average molecular weight is 632 g/mol. The number of furan rings is 1. The largest absolute Gasteiger partial charge is 0.455 e. The molecule has 0 spiro atoms. The van der Waals surface area contributed by atoms with Crippen LogP contribution in [0.4, 0.5) is 0 Å². The number of rotatable bonds is 4. The van der Waals surface area contributed by atoms with Crippen LogP contribution in [0.25, 0.3) is 98.2 Å². The molecule has 224 valence electrons. The van der Waals surface area contributed by atoms with Crippen molar-refractivity contribution in [2.45, 2.75) is 0 Å². The molecule has 0 amide bonds. The number of nitrogens with zero attached hydrogens (tertiary/aromatic N) is 3. The van der Waals surface area contributed by atoms with Crippen molar-refractivity contribution < 1.29 is 4.42 Å². The monoisotopic (exact) mass is 631 g/mol. The second-order valence-corrected chi connectivity index (χ2v) is 13.0. The molecule has 0 fully saturated rings. The molecular formula is C43H25N3OS. The van der Waals surface area contributed by atoms with E-state index >= 15 is 0 Å². The van der Waals surface area contributed by atoms with Crippen molar-refractivity contribution >= 4 is 64.2 Å². The van der Waals surface area contributed by atoms with E-state index in [0.29, 0.717) is 17.5 Å². The summed E-state index contributed by atoms with van der Waals surface area (Å²) in [6.07, 6.45) is 0. The van der Waals surface area contributed by atoms with E-state index in [2.05, 4.69) is 78.9 Å². The minimum absolute atomic E-state index is 0.606. The number of aromatic nitrogens is 3. The molecule has 7 aromatic carbocycles. The van der Waals surface area contributed by atoms with Crippen LogP contribution in [0.15, 0.2) is 156 Å². The molecule has 0 radical (unpaired) electrons. The Labute approximate surface area is 279 Å². The van der Waals surface area contributed by atoms with Gasteiger partial charge < -0.3 is 4.42 Å². The fourth-order valence-electron chi connectivity index (χ4n) is 6.97. The minimum atomic E-state index is 0.606. The molecule has 0 bridgehead atoms. The van der Waals surface area contributed by atoms with Gasteiger partial charge in [-0.3, -0.25) is 0 Å². The zero-order chi connectivity index (χ0) is 31.6. The van der Waals surface area contributed by atoms with Crippen LogP contribution in [0.5, 0.6) is 0 Å². The van der Waals surface area contributed by atoms with Crippen LogP contribution in [0, 0.1) is 0 Å². The molecule has 5 heteroatoms. The second kappa shape index (κ2) is 10.7. The molecule has 10 aromatic rings. The SMILES string of the molecule is c1ccc(-c2nc(-c3ccccc3)nc(-c3ccc(-c4c5ccccc5cc5sc6ccccc6c45)c4oc5ccccc5c34)n2)cc1. The number of hydrogen-bond acceptors (Lipinski definition) is 5. The molecule has 0 saturated carbocycles. The predicted octanol–water partition coefficient (Wildman–Crippen LogP) is 12.0. The van der Waals surface area contributed by atoms with E-state index in [-0.39, 0.29) is 0 Å². The van der Waals surface area contributed by atoms with Gasteiger partial charge in [-0.1, -0.05) is 121 Å². The third kappa shape index (κ3) is 4.18. The number of para-hydroxylation sites is 1. The summed E-state index contributed by atoms with van der Waals surface area (Å²) in [5.74, 6) is 1.87. The maximum atomic E-state index is 6.85. The quantitative estimate of drug-likeness (QED) is 0.194. The number of fused-ring (bicyclic) bond motifs is 7. The molecule has 0 N–H and O–H groups in total. The van der Waals surface area contributed by atoms with E-state index in [1.807, 2.05) is 84.1 Å². The van der Waals surface area contributed by atoms with Gasteiger partial charge in [-0.05, 0) is 41.1 Å². The Hall–Kier alpha value is -6.17. The van der Waals surface area contributed by atoms with Gasteiger partial charge in [0.2, 0.25) is 0 Å². The van der Waals surface area contributed by atoms with Gasteiger partial charge in [0.05, 0.1) is 0 Å². The third-order valence-corrected chi connectivity index (χ3v) is 10.2. The summed E-state index contributed by atoms with van der Waals surface area (Å²) >= 11 is 1.84. The van der Waals surface area contributed by atoms with E-state index in [0.717, 1.165) is 44.2 Å². The van der Waals surface area contributed by atoms with Crippen molar-refractivity contribution in [2.24, 2.45) is 0 Å². The Kier molecular flexibility index (Phi) is 6.01. The van der Waals surface area contributed by atoms with E-state index in [4.69, 9.17) is 19.4 Å². The first kappa shape index (κ1) is 27.0. The fourth-order valence-corrected chi connectivity index (χ4v) is 8.13. The summed E-state index contributed by atoms with van der Waals surface area (Å²) in [5.41, 5.74) is 6.66. The highest BCUT2D eigenvalue weighted by Crippen LogP contribution is 2.48. The molecule has 0 aliphatic rings. The van der Waals surface area contributed by atoms with Crippen LogP contribution in [0.3, 0.4) is 0 Å². The first-order valence-electron chi connectivity index (χ1n) is 15.9. The maximum Gasteiger partial charge on any atom is 0.164 e. The van der Waals surface area contributed by atoms with Gasteiger partial charge in [0, 0.05) is 58.8 Å². The first-order valence-corrected chi connectivity index (χ1v) is 16.8. The standard InChI is InChI=1S/C43H25N3OS/c1-3-13-26(14-4-1)41-44-42(27-15-5-2-6-16-27)46-43(45-41)33-24-23-32(40-38(33)30-19-9-11-21-34(30)47-40)37-29-18-8-7-17-28(29)25-36-39(37)31-20-10-12-22-35(31)48-36/h1-25H. The van der Waals surface area contributed by atoms with Crippen molar-refractivity contribution in [3.05, 3.63) is 152 Å². The Balaban J connectivity index is 1.32. The summed E-state index contributed by atoms with van der Waals surface area (Å²) in [5, 5.41) is 6.93. The summed E-state index contributed by atoms with van der Waals surface area (Å²) < 4.78 is 9.38. The van der Waals surface area contributed by atoms with Gasteiger partial charge >= 0.3 is 0 Å². The zero-order valence-corrected chi connectivity index (χ0v) is 26.4. The molecule has 0 aliphatic heterocycles. The van der Waals surface area contributed by atoms with Crippen LogP contribution >= 0.6 is 11.3 Å². The third-order valence-electron chi connectivity index (χ3n) is 9.13. The smallest absolute Gasteiger partial charge is 0.164 e. The summed E-state index contributed by atoms with van der Waals surface area (Å²) in [7, 11) is 0. The van der Waals surface area contributed by atoms with Gasteiger partial charge in [-0.2, -0.15) is 0 Å². The van der Waals surface area contributed by atoms with Crippen LogP contribution in [-0.4, -0.2) is 15.0 Å². The molecule has 3 heterocycles. The lowest BCUT2D eigenvalue weighted by Gasteiger charge is -2.13. The molecule has 0 unspecified atom stereocenters. The zero-order valence-electron chi connectivity index (χ0n) is 25.6. The molecule has 0 aliphatic carbocycles. The van der Waals surface area contributed by atoms with Crippen molar-refractivity contribution in [1.29, 1.82) is 0 Å². The highest BCUT2D eigenvalue weighted by atomic mass is 32.1. The Bertz CT molecular complexity index is 2780. The predicted molar refractivity (Wildman–Crippen MR) is 199 cm³/mol. The van der Waals surface area contributed by atoms with Crippen molar-refractivity contribution in [2.75, 3.05) is 0 Å². The Morgan fingerprint density at radius 1 is 0.438 bits per heavy atom. The molecule has 48 heavy (non-hydrogen) atoms. The van der Waals surface area contributed by atoms with Gasteiger partial charge in [0.25, 0.3) is 0 Å². The lowest BCUT2D eigenvalue weighted by atomic mass is 9.91. The van der Waals surface area contributed by atoms with E-state index in [1.54, 1.807) is 0 Å². The molecule has 3 aromatic heterocycles. The first-order chi connectivity index (χ1) is 23.8. The lowest BCUT2D eigenvalue weighted by Crippen LogP contribution is -2.00. The molecule has 10 rings (SSSR count). The average Bonchev–Trinajstić information content (AvgIpc) is 3.73. The highest BCUT2D eigenvalue weighted by molar-refractivity contribution is 7.26. The van der Waals surface area contributed by atoms with Crippen LogP contribution in [0.2, 0.25) is 0 Å². The van der Waals surface area contributed by atoms with Crippen molar-refractivity contribution in [3.8, 4) is 45.3 Å². The van der Waals surface area contributed by atoms with Crippen molar-refractivity contribution in [3.63, 3.8) is 0 Å². The molecule has 0 atom stereocenters. The lowest BCUT2D eigenvalue weighted by molar-refractivity contribution is 0.670. The molecule has 4 nitrogen and oxygen atoms in total. The highest BCUT2D eigenvalue weighted by Gasteiger charge is 2.23. The fraction of sp³-hybridized carbons (Fsp3) is 0. The van der Waals surface area contributed by atoms with Crippen molar-refractivity contribution in [1.82, 2.24) is 15.0 Å². The summed E-state index contributed by atoms with van der Waals surface area (Å²) in [6, 6.07) is 52.5. The minimum Gasteiger partial charge on any atom is -0.455 e. The number of hydrogen-bond donors (Lipinski definition) is 0.